The van der Waals surface area contributed by atoms with Crippen molar-refractivity contribution < 1.29 is 27.9 Å². The molecular weight excluding hydrogens is 482 g/mol. The van der Waals surface area contributed by atoms with E-state index in [4.69, 9.17) is 9.47 Å². The predicted octanol–water partition coefficient (Wildman–Crippen LogP) is 3.43. The molecule has 1 N–H and O–H groups in total. The smallest absolute Gasteiger partial charge is 0.265 e. The van der Waals surface area contributed by atoms with Gasteiger partial charge in [-0.1, -0.05) is 23.8 Å². The molecule has 2 aromatic carbocycles. The van der Waals surface area contributed by atoms with Crippen LogP contribution in [0.3, 0.4) is 0 Å². The monoisotopic (exact) mass is 517 g/mol. The van der Waals surface area contributed by atoms with Crippen LogP contribution in [0.15, 0.2) is 61.2 Å². The Morgan fingerprint density at radius 2 is 1.67 bits per heavy atom. The van der Waals surface area contributed by atoms with E-state index in [1.807, 2.05) is 49.9 Å². The largest absolute Gasteiger partial charge is 0.457 e. The molecule has 1 aliphatic rings. The van der Waals surface area contributed by atoms with Gasteiger partial charge in [-0.25, -0.2) is 13.5 Å². The minimum Gasteiger partial charge on any atom is -0.457 e. The number of nitrogens with zero attached hydrogens (tertiary/aromatic N) is 3. The normalized spacial score (nSPS) is 19.4. The molecule has 1 unspecified atom stereocenters. The first kappa shape index (κ1) is 27.7. The Hall–Kier alpha value is -2.92. The molecule has 0 aliphatic carbocycles. The van der Waals surface area contributed by atoms with Gasteiger partial charge in [-0.05, 0) is 57.2 Å². The number of rotatable bonds is 10. The highest BCUT2D eigenvalue weighted by Crippen LogP contribution is 2.27. The van der Waals surface area contributed by atoms with Gasteiger partial charge in [0.25, 0.3) is 5.91 Å². The zero-order chi connectivity index (χ0) is 26.5. The molecule has 0 spiro atoms. The zero-order valence-corrected chi connectivity index (χ0v) is 22.0. The van der Waals surface area contributed by atoms with E-state index in [0.29, 0.717) is 35.3 Å². The van der Waals surface area contributed by atoms with Gasteiger partial charge >= 0.3 is 0 Å². The van der Waals surface area contributed by atoms with Crippen LogP contribution in [-0.4, -0.2) is 80.2 Å². The summed E-state index contributed by atoms with van der Waals surface area (Å²) in [7, 11) is -3.76. The topological polar surface area (TPSA) is 99.6 Å². The van der Waals surface area contributed by atoms with E-state index in [2.05, 4.69) is 6.58 Å². The molecule has 0 saturated carbocycles. The van der Waals surface area contributed by atoms with Crippen LogP contribution in [0.4, 0.5) is 5.69 Å². The van der Waals surface area contributed by atoms with E-state index in [1.165, 1.54) is 10.4 Å². The molecule has 0 aromatic heterocycles. The summed E-state index contributed by atoms with van der Waals surface area (Å²) in [5.74, 6) is 0.607. The lowest BCUT2D eigenvalue weighted by Gasteiger charge is -2.41. The second-order valence-electron chi connectivity index (χ2n) is 9.14. The number of hydrogen-bond acceptors (Lipinski definition) is 7. The first-order valence-electron chi connectivity index (χ1n) is 11.8. The van der Waals surface area contributed by atoms with Crippen molar-refractivity contribution in [3.63, 3.8) is 0 Å². The first-order valence-corrected chi connectivity index (χ1v) is 13.7. The highest BCUT2D eigenvalue weighted by molar-refractivity contribution is 7.92. The molecule has 3 rings (SSSR count). The van der Waals surface area contributed by atoms with Gasteiger partial charge in [0, 0.05) is 13.1 Å². The van der Waals surface area contributed by atoms with Crippen LogP contribution in [0, 0.1) is 6.92 Å². The minimum atomic E-state index is -3.76. The molecule has 1 fully saturated rings. The maximum absolute atomic E-state index is 13.2. The van der Waals surface area contributed by atoms with Crippen molar-refractivity contribution in [2.75, 3.05) is 36.7 Å². The van der Waals surface area contributed by atoms with Gasteiger partial charge in [-0.3, -0.25) is 19.2 Å². The molecule has 196 valence electrons. The van der Waals surface area contributed by atoms with Crippen molar-refractivity contribution in [2.24, 2.45) is 0 Å². The highest BCUT2D eigenvalue weighted by Gasteiger charge is 2.37. The molecule has 1 amide bonds. The fourth-order valence-corrected chi connectivity index (χ4v) is 5.14. The summed E-state index contributed by atoms with van der Waals surface area (Å²) in [6.45, 7) is 9.93. The lowest BCUT2D eigenvalue weighted by atomic mass is 10.1. The number of aryl methyl sites for hydroxylation is 1. The van der Waals surface area contributed by atoms with Gasteiger partial charge in [0.15, 0.2) is 0 Å². The maximum Gasteiger partial charge on any atom is 0.265 e. The van der Waals surface area contributed by atoms with Crippen LogP contribution in [0.25, 0.3) is 0 Å². The van der Waals surface area contributed by atoms with E-state index in [0.717, 1.165) is 11.8 Å². The molecule has 3 atom stereocenters. The van der Waals surface area contributed by atoms with Gasteiger partial charge in [-0.2, -0.15) is 0 Å². The van der Waals surface area contributed by atoms with Crippen molar-refractivity contribution in [1.82, 2.24) is 9.96 Å². The van der Waals surface area contributed by atoms with Crippen LogP contribution in [0.1, 0.15) is 19.4 Å². The van der Waals surface area contributed by atoms with Gasteiger partial charge < -0.3 is 9.47 Å². The fraction of sp³-hybridized carbons (Fsp3) is 0.423. The summed E-state index contributed by atoms with van der Waals surface area (Å²) >= 11 is 0. The van der Waals surface area contributed by atoms with Gasteiger partial charge in [0.05, 0.1) is 37.2 Å². The number of morpholine rings is 1. The zero-order valence-electron chi connectivity index (χ0n) is 21.2. The van der Waals surface area contributed by atoms with E-state index in [-0.39, 0.29) is 25.3 Å². The number of hydroxylamine groups is 2. The SMILES string of the molecule is C=CCN(O)C(=O)C(CN(c1ccc(Oc2ccc(C)cc2)cc1)S(C)(=O)=O)N1C[C@@H](C)O[C@@H](C)C1. The van der Waals surface area contributed by atoms with Crippen molar-refractivity contribution in [2.45, 2.75) is 39.0 Å². The number of carbonyl (C=O) groups excluding carboxylic acids is 1. The van der Waals surface area contributed by atoms with Crippen LogP contribution < -0.4 is 9.04 Å². The number of amides is 1. The summed E-state index contributed by atoms with van der Waals surface area (Å²) in [6.07, 6.45) is 2.19. The lowest BCUT2D eigenvalue weighted by Crippen LogP contribution is -2.59. The third-order valence-corrected chi connectivity index (χ3v) is 7.01. The Balaban J connectivity index is 1.88. The third-order valence-electron chi connectivity index (χ3n) is 5.85. The van der Waals surface area contributed by atoms with Crippen LogP contribution >= 0.6 is 0 Å². The number of hydrogen-bond donors (Lipinski definition) is 1. The quantitative estimate of drug-likeness (QED) is 0.293. The van der Waals surface area contributed by atoms with Crippen molar-refractivity contribution in [3.05, 3.63) is 66.7 Å². The first-order chi connectivity index (χ1) is 17.0. The Bertz CT molecular complexity index is 1130. The van der Waals surface area contributed by atoms with Crippen molar-refractivity contribution in [3.8, 4) is 11.5 Å². The Morgan fingerprint density at radius 3 is 2.17 bits per heavy atom. The molecule has 2 aromatic rings. The summed E-state index contributed by atoms with van der Waals surface area (Å²) in [5, 5.41) is 10.9. The summed E-state index contributed by atoms with van der Waals surface area (Å²) in [6, 6.07) is 13.3. The van der Waals surface area contributed by atoms with Crippen LogP contribution in [0.5, 0.6) is 11.5 Å². The fourth-order valence-electron chi connectivity index (χ4n) is 4.22. The second kappa shape index (κ2) is 11.9. The van der Waals surface area contributed by atoms with E-state index in [1.54, 1.807) is 24.3 Å². The summed E-state index contributed by atoms with van der Waals surface area (Å²) < 4.78 is 38.5. The Labute approximate surface area is 213 Å². The van der Waals surface area contributed by atoms with Crippen LogP contribution in [0.2, 0.25) is 0 Å². The number of carbonyl (C=O) groups is 1. The molecule has 1 saturated heterocycles. The predicted molar refractivity (Wildman–Crippen MR) is 139 cm³/mol. The van der Waals surface area contributed by atoms with E-state index >= 15 is 0 Å². The molecule has 0 radical (unpaired) electrons. The number of anilines is 1. The summed E-state index contributed by atoms with van der Waals surface area (Å²) in [5.41, 5.74) is 1.50. The van der Waals surface area contributed by atoms with Crippen molar-refractivity contribution >= 4 is 21.6 Å². The van der Waals surface area contributed by atoms with E-state index < -0.39 is 22.0 Å². The standard InChI is InChI=1S/C26H35N3O6S/c1-6-15-28(31)26(30)25(27-16-20(3)34-21(4)17-27)18-29(36(5,32)33)22-9-13-24(14-10-22)35-23-11-7-19(2)8-12-23/h6-14,20-21,25,31H,1,15-18H2,2-5H3/t20-,21+,25?. The molecular formula is C26H35N3O6S. The average molecular weight is 518 g/mol. The van der Waals surface area contributed by atoms with Gasteiger partial charge in [-0.15, -0.1) is 6.58 Å². The highest BCUT2D eigenvalue weighted by atomic mass is 32.2. The number of ether oxygens (including phenoxy) is 2. The molecule has 9 nitrogen and oxygen atoms in total. The summed E-state index contributed by atoms with van der Waals surface area (Å²) in [4.78, 5) is 15.1. The molecule has 1 aliphatic heterocycles. The third kappa shape index (κ3) is 7.30. The van der Waals surface area contributed by atoms with Crippen molar-refractivity contribution in [1.29, 1.82) is 0 Å². The lowest BCUT2D eigenvalue weighted by molar-refractivity contribution is -0.172. The molecule has 0 bridgehead atoms. The Morgan fingerprint density at radius 1 is 1.14 bits per heavy atom. The number of benzene rings is 2. The average Bonchev–Trinajstić information content (AvgIpc) is 2.80. The second-order valence-corrected chi connectivity index (χ2v) is 11.0. The van der Waals surface area contributed by atoms with Gasteiger partial charge in [0.1, 0.15) is 17.5 Å². The van der Waals surface area contributed by atoms with Crippen LogP contribution in [-0.2, 0) is 19.6 Å². The van der Waals surface area contributed by atoms with Gasteiger partial charge in [0.2, 0.25) is 10.0 Å². The molecule has 1 heterocycles. The Kier molecular flexibility index (Phi) is 9.13. The minimum absolute atomic E-state index is 0.0747. The number of sulfonamides is 1. The van der Waals surface area contributed by atoms with E-state index in [9.17, 15) is 18.4 Å². The molecule has 36 heavy (non-hydrogen) atoms. The maximum atomic E-state index is 13.2. The molecule has 10 heteroatoms.